The van der Waals surface area contributed by atoms with E-state index in [0.29, 0.717) is 18.6 Å². The predicted molar refractivity (Wildman–Crippen MR) is 49.7 cm³/mol. The molecular formula is C10H14N2O. The molecule has 1 aliphatic rings. The average molecular weight is 178 g/mol. The Balaban J connectivity index is 2.48. The fraction of sp³-hybridized carbons (Fsp3) is 0.600. The van der Waals surface area contributed by atoms with Crippen LogP contribution < -0.4 is 0 Å². The van der Waals surface area contributed by atoms with Crippen LogP contribution >= 0.6 is 0 Å². The summed E-state index contributed by atoms with van der Waals surface area (Å²) in [6.07, 6.45) is 2.17. The summed E-state index contributed by atoms with van der Waals surface area (Å²) in [7, 11) is 0. The second kappa shape index (κ2) is 2.98. The highest BCUT2D eigenvalue weighted by molar-refractivity contribution is 5.82. The molecule has 0 radical (unpaired) electrons. The van der Waals surface area contributed by atoms with Gasteiger partial charge in [0.1, 0.15) is 5.78 Å². The van der Waals surface area contributed by atoms with Crippen molar-refractivity contribution in [2.45, 2.75) is 39.7 Å². The highest BCUT2D eigenvalue weighted by Crippen LogP contribution is 2.21. The molecule has 0 atom stereocenters. The van der Waals surface area contributed by atoms with Crippen molar-refractivity contribution in [1.29, 1.82) is 0 Å². The number of fused-ring (bicyclic) bond motifs is 1. The quantitative estimate of drug-likeness (QED) is 0.649. The summed E-state index contributed by atoms with van der Waals surface area (Å²) in [6, 6.07) is 0. The zero-order valence-electron chi connectivity index (χ0n) is 8.13. The van der Waals surface area contributed by atoms with E-state index >= 15 is 0 Å². The fourth-order valence-corrected chi connectivity index (χ4v) is 1.99. The van der Waals surface area contributed by atoms with Crippen LogP contribution in [0, 0.1) is 6.92 Å². The summed E-state index contributed by atoms with van der Waals surface area (Å²) < 4.78 is 1.96. The zero-order chi connectivity index (χ0) is 9.42. The average Bonchev–Trinajstić information content (AvgIpc) is 2.42. The number of Topliss-reactive ketones (excluding diaryl/α,β-unsaturated/α-hetero) is 1. The summed E-state index contributed by atoms with van der Waals surface area (Å²) >= 11 is 0. The molecule has 1 heterocycles. The molecule has 3 nitrogen and oxygen atoms in total. The van der Waals surface area contributed by atoms with Crippen molar-refractivity contribution in [3.05, 3.63) is 17.0 Å². The van der Waals surface area contributed by atoms with Gasteiger partial charge in [-0.3, -0.25) is 9.48 Å². The van der Waals surface area contributed by atoms with Crippen LogP contribution in [0.1, 0.15) is 30.3 Å². The first-order valence-corrected chi connectivity index (χ1v) is 4.79. The molecule has 0 spiro atoms. The summed E-state index contributed by atoms with van der Waals surface area (Å²) in [5.41, 5.74) is 3.56. The van der Waals surface area contributed by atoms with E-state index < -0.39 is 0 Å². The molecule has 1 aliphatic carbocycles. The van der Waals surface area contributed by atoms with Crippen LogP contribution in [0.2, 0.25) is 0 Å². The smallest absolute Gasteiger partial charge is 0.139 e. The van der Waals surface area contributed by atoms with Crippen molar-refractivity contribution >= 4 is 5.78 Å². The number of rotatable bonds is 1. The maximum atomic E-state index is 11.3. The lowest BCUT2D eigenvalue weighted by molar-refractivity contribution is -0.118. The first-order chi connectivity index (χ1) is 6.22. The summed E-state index contributed by atoms with van der Waals surface area (Å²) in [6.45, 7) is 4.95. The van der Waals surface area contributed by atoms with Crippen LogP contribution in [0.5, 0.6) is 0 Å². The minimum Gasteiger partial charge on any atom is -0.299 e. The summed E-state index contributed by atoms with van der Waals surface area (Å²) in [4.78, 5) is 11.3. The molecule has 0 saturated heterocycles. The van der Waals surface area contributed by atoms with Crippen molar-refractivity contribution in [2.24, 2.45) is 0 Å². The van der Waals surface area contributed by atoms with Crippen molar-refractivity contribution in [2.75, 3.05) is 0 Å². The lowest BCUT2D eigenvalue weighted by atomic mass is 9.95. The molecule has 70 valence electrons. The number of hydrogen-bond donors (Lipinski definition) is 0. The summed E-state index contributed by atoms with van der Waals surface area (Å²) in [5, 5.41) is 4.41. The normalized spacial score (nSPS) is 16.0. The number of aromatic nitrogens is 2. The molecule has 0 fully saturated rings. The van der Waals surface area contributed by atoms with Crippen LogP contribution in [0.25, 0.3) is 0 Å². The number of carbonyl (C=O) groups excluding carboxylic acids is 1. The van der Waals surface area contributed by atoms with E-state index in [1.807, 2.05) is 11.6 Å². The Morgan fingerprint density at radius 3 is 2.92 bits per heavy atom. The minimum absolute atomic E-state index is 0.349. The first-order valence-electron chi connectivity index (χ1n) is 4.79. The Morgan fingerprint density at radius 2 is 2.23 bits per heavy atom. The molecule has 0 unspecified atom stereocenters. The van der Waals surface area contributed by atoms with E-state index in [9.17, 15) is 4.79 Å². The van der Waals surface area contributed by atoms with Gasteiger partial charge >= 0.3 is 0 Å². The van der Waals surface area contributed by atoms with Crippen LogP contribution in [-0.4, -0.2) is 15.6 Å². The van der Waals surface area contributed by atoms with Gasteiger partial charge in [-0.1, -0.05) is 0 Å². The van der Waals surface area contributed by atoms with Gasteiger partial charge in [0.15, 0.2) is 0 Å². The maximum absolute atomic E-state index is 11.3. The van der Waals surface area contributed by atoms with Gasteiger partial charge < -0.3 is 0 Å². The predicted octanol–water partition coefficient (Wildman–Crippen LogP) is 1.27. The molecule has 13 heavy (non-hydrogen) atoms. The standard InChI is InChI=1S/C10H14N2O/c1-3-12-10-6-8(13)4-5-9(10)7(2)11-12/h3-6H2,1-2H3. The molecule has 1 aromatic rings. The maximum Gasteiger partial charge on any atom is 0.139 e. The van der Waals surface area contributed by atoms with Crippen LogP contribution in [0.3, 0.4) is 0 Å². The molecule has 1 aromatic heterocycles. The highest BCUT2D eigenvalue weighted by Gasteiger charge is 2.21. The lowest BCUT2D eigenvalue weighted by Crippen LogP contribution is -2.16. The van der Waals surface area contributed by atoms with Gasteiger partial charge in [-0.2, -0.15) is 5.10 Å². The van der Waals surface area contributed by atoms with E-state index in [4.69, 9.17) is 0 Å². The molecule has 0 saturated carbocycles. The third-order valence-electron chi connectivity index (χ3n) is 2.69. The molecule has 0 N–H and O–H groups in total. The Morgan fingerprint density at radius 1 is 1.46 bits per heavy atom. The lowest BCUT2D eigenvalue weighted by Gasteiger charge is -2.12. The first kappa shape index (κ1) is 8.48. The van der Waals surface area contributed by atoms with E-state index in [1.165, 1.54) is 5.56 Å². The third-order valence-corrected chi connectivity index (χ3v) is 2.69. The molecule has 2 rings (SSSR count). The largest absolute Gasteiger partial charge is 0.299 e. The number of ketones is 1. The van der Waals surface area contributed by atoms with Gasteiger partial charge in [0.05, 0.1) is 5.69 Å². The van der Waals surface area contributed by atoms with Crippen molar-refractivity contribution in [3.8, 4) is 0 Å². The molecule has 0 bridgehead atoms. The molecule has 0 aromatic carbocycles. The number of nitrogens with zero attached hydrogens (tertiary/aromatic N) is 2. The Kier molecular flexibility index (Phi) is 1.94. The second-order valence-electron chi connectivity index (χ2n) is 3.54. The van der Waals surface area contributed by atoms with Gasteiger partial charge in [0.25, 0.3) is 0 Å². The Labute approximate surface area is 77.7 Å². The SMILES string of the molecule is CCn1nc(C)c2c1CC(=O)CC2. The van der Waals surface area contributed by atoms with Gasteiger partial charge in [0.2, 0.25) is 0 Å². The van der Waals surface area contributed by atoms with E-state index in [-0.39, 0.29) is 0 Å². The minimum atomic E-state index is 0.349. The van der Waals surface area contributed by atoms with Gasteiger partial charge in [-0.05, 0) is 25.8 Å². The Hall–Kier alpha value is -1.12. The fourth-order valence-electron chi connectivity index (χ4n) is 1.99. The molecular weight excluding hydrogens is 164 g/mol. The third kappa shape index (κ3) is 1.28. The second-order valence-corrected chi connectivity index (χ2v) is 3.54. The van der Waals surface area contributed by atoms with Crippen molar-refractivity contribution in [1.82, 2.24) is 9.78 Å². The molecule has 3 heteroatoms. The number of hydrogen-bond acceptors (Lipinski definition) is 2. The van der Waals surface area contributed by atoms with Gasteiger partial charge in [-0.25, -0.2) is 0 Å². The zero-order valence-corrected chi connectivity index (χ0v) is 8.13. The van der Waals surface area contributed by atoms with Gasteiger partial charge in [0, 0.05) is 25.1 Å². The monoisotopic (exact) mass is 178 g/mol. The van der Waals surface area contributed by atoms with Crippen LogP contribution in [-0.2, 0) is 24.2 Å². The van der Waals surface area contributed by atoms with Crippen molar-refractivity contribution in [3.63, 3.8) is 0 Å². The van der Waals surface area contributed by atoms with Gasteiger partial charge in [-0.15, -0.1) is 0 Å². The summed E-state index contributed by atoms with van der Waals surface area (Å²) in [5.74, 6) is 0.349. The van der Waals surface area contributed by atoms with Crippen LogP contribution in [0.4, 0.5) is 0 Å². The molecule has 0 aliphatic heterocycles. The van der Waals surface area contributed by atoms with Crippen LogP contribution in [0.15, 0.2) is 0 Å². The topological polar surface area (TPSA) is 34.9 Å². The van der Waals surface area contributed by atoms with E-state index in [0.717, 1.165) is 24.4 Å². The Bertz CT molecular complexity index is 352. The van der Waals surface area contributed by atoms with E-state index in [2.05, 4.69) is 12.0 Å². The van der Waals surface area contributed by atoms with E-state index in [1.54, 1.807) is 0 Å². The molecule has 0 amide bonds. The number of aryl methyl sites for hydroxylation is 2. The van der Waals surface area contributed by atoms with Crippen molar-refractivity contribution < 1.29 is 4.79 Å². The highest BCUT2D eigenvalue weighted by atomic mass is 16.1. The number of carbonyl (C=O) groups is 1.